The molecule has 1 amide bonds. The number of carbonyl (C=O) groups is 1. The molecule has 2 atom stereocenters. The van der Waals surface area contributed by atoms with E-state index >= 15 is 0 Å². The fourth-order valence-electron chi connectivity index (χ4n) is 6.69. The summed E-state index contributed by atoms with van der Waals surface area (Å²) in [6.07, 6.45) is 6.13. The van der Waals surface area contributed by atoms with Gasteiger partial charge in [-0.25, -0.2) is 4.79 Å². The van der Waals surface area contributed by atoms with Crippen LogP contribution in [0.3, 0.4) is 0 Å². The van der Waals surface area contributed by atoms with Crippen LogP contribution < -0.4 is 0 Å². The van der Waals surface area contributed by atoms with Crippen LogP contribution in [0.5, 0.6) is 0 Å². The topological polar surface area (TPSA) is 29.5 Å². The van der Waals surface area contributed by atoms with Crippen molar-refractivity contribution in [1.29, 1.82) is 0 Å². The van der Waals surface area contributed by atoms with Gasteiger partial charge in [-0.05, 0) is 64.3 Å². The lowest BCUT2D eigenvalue weighted by Gasteiger charge is -2.33. The number of ether oxygens (including phenoxy) is 1. The Balaban J connectivity index is 1.08. The minimum absolute atomic E-state index is 0.0984. The Hall–Kier alpha value is -3.85. The van der Waals surface area contributed by atoms with E-state index in [1.165, 1.54) is 44.2 Å². The van der Waals surface area contributed by atoms with Gasteiger partial charge in [0.2, 0.25) is 0 Å². The molecule has 3 heteroatoms. The maximum atomic E-state index is 13.4. The molecule has 2 heterocycles. The van der Waals surface area contributed by atoms with Crippen molar-refractivity contribution in [3.8, 4) is 11.1 Å². The molecule has 0 N–H and O–H groups in total. The molecule has 1 aliphatic carbocycles. The monoisotopic (exact) mass is 471 g/mol. The molecule has 0 radical (unpaired) electrons. The van der Waals surface area contributed by atoms with Crippen molar-refractivity contribution in [2.24, 2.45) is 0 Å². The van der Waals surface area contributed by atoms with Gasteiger partial charge < -0.3 is 4.74 Å². The van der Waals surface area contributed by atoms with Crippen LogP contribution in [0.15, 0.2) is 103 Å². The molecule has 4 aromatic carbocycles. The normalized spacial score (nSPS) is 20.2. The Morgan fingerprint density at radius 1 is 0.806 bits per heavy atom. The number of benzene rings is 4. The van der Waals surface area contributed by atoms with E-state index in [9.17, 15) is 4.79 Å². The maximum absolute atomic E-state index is 13.4. The summed E-state index contributed by atoms with van der Waals surface area (Å²) in [6.45, 7) is 0.384. The van der Waals surface area contributed by atoms with E-state index in [-0.39, 0.29) is 24.1 Å². The number of hydrogen-bond donors (Lipinski definition) is 0. The number of amides is 1. The summed E-state index contributed by atoms with van der Waals surface area (Å²) >= 11 is 0. The highest BCUT2D eigenvalue weighted by atomic mass is 16.6. The Labute approximate surface area is 212 Å². The second-order valence-electron chi connectivity index (χ2n) is 10.4. The van der Waals surface area contributed by atoms with Gasteiger partial charge >= 0.3 is 6.09 Å². The van der Waals surface area contributed by atoms with Crippen LogP contribution >= 0.6 is 0 Å². The van der Waals surface area contributed by atoms with Crippen LogP contribution in [-0.4, -0.2) is 29.7 Å². The summed E-state index contributed by atoms with van der Waals surface area (Å²) in [5.41, 5.74) is 7.84. The zero-order valence-corrected chi connectivity index (χ0v) is 20.3. The summed E-state index contributed by atoms with van der Waals surface area (Å²) in [6, 6.07) is 32.5. The Morgan fingerprint density at radius 2 is 1.50 bits per heavy atom. The van der Waals surface area contributed by atoms with Gasteiger partial charge in [-0.1, -0.05) is 103 Å². The first kappa shape index (κ1) is 21.4. The Morgan fingerprint density at radius 3 is 2.28 bits per heavy atom. The van der Waals surface area contributed by atoms with Crippen LogP contribution in [-0.2, 0) is 11.2 Å². The summed E-state index contributed by atoms with van der Waals surface area (Å²) < 4.78 is 6.03. The van der Waals surface area contributed by atoms with E-state index in [1.807, 2.05) is 4.90 Å². The van der Waals surface area contributed by atoms with Gasteiger partial charge in [-0.2, -0.15) is 0 Å². The van der Waals surface area contributed by atoms with Gasteiger partial charge in [0.1, 0.15) is 6.61 Å². The smallest absolute Gasteiger partial charge is 0.410 e. The van der Waals surface area contributed by atoms with E-state index < -0.39 is 0 Å². The third-order valence-electron chi connectivity index (χ3n) is 8.32. The zero-order valence-electron chi connectivity index (χ0n) is 20.3. The lowest BCUT2D eigenvalue weighted by Crippen LogP contribution is -2.44. The molecular weight excluding hydrogens is 442 g/mol. The van der Waals surface area contributed by atoms with Crippen LogP contribution in [0.1, 0.15) is 41.9 Å². The highest BCUT2D eigenvalue weighted by Gasteiger charge is 2.41. The van der Waals surface area contributed by atoms with E-state index in [4.69, 9.17) is 4.74 Å². The number of nitrogens with zero attached hydrogens (tertiary/aromatic N) is 1. The summed E-state index contributed by atoms with van der Waals surface area (Å²) in [7, 11) is 0. The van der Waals surface area contributed by atoms with E-state index in [2.05, 4.69) is 97.1 Å². The fourth-order valence-corrected chi connectivity index (χ4v) is 6.69. The average molecular weight is 472 g/mol. The molecule has 0 aromatic heterocycles. The fraction of sp³-hybridized carbons (Fsp3) is 0.242. The number of fused-ring (bicyclic) bond motifs is 6. The minimum Gasteiger partial charge on any atom is -0.448 e. The summed E-state index contributed by atoms with van der Waals surface area (Å²) in [4.78, 5) is 15.4. The van der Waals surface area contributed by atoms with Crippen LogP contribution in [0.25, 0.3) is 21.9 Å². The third kappa shape index (κ3) is 3.53. The Kier molecular flexibility index (Phi) is 5.16. The largest absolute Gasteiger partial charge is 0.448 e. The molecule has 1 saturated heterocycles. The van der Waals surface area contributed by atoms with E-state index in [0.717, 1.165) is 25.7 Å². The van der Waals surface area contributed by atoms with Crippen LogP contribution in [0.4, 0.5) is 4.79 Å². The third-order valence-corrected chi connectivity index (χ3v) is 8.32. The first-order chi connectivity index (χ1) is 17.8. The van der Waals surface area contributed by atoms with Crippen molar-refractivity contribution in [3.05, 3.63) is 119 Å². The molecule has 178 valence electrons. The molecule has 2 aliphatic heterocycles. The van der Waals surface area contributed by atoms with Gasteiger partial charge in [0.25, 0.3) is 0 Å². The molecular formula is C33H29NO2. The average Bonchev–Trinajstić information content (AvgIpc) is 3.38. The van der Waals surface area contributed by atoms with Gasteiger partial charge in [-0.3, -0.25) is 4.90 Å². The Bertz CT molecular complexity index is 1450. The highest BCUT2D eigenvalue weighted by molar-refractivity contribution is 5.86. The maximum Gasteiger partial charge on any atom is 0.410 e. The lowest BCUT2D eigenvalue weighted by molar-refractivity contribution is 0.0850. The summed E-state index contributed by atoms with van der Waals surface area (Å²) in [5.74, 6) is 0.0984. The lowest BCUT2D eigenvalue weighted by atomic mass is 9.93. The number of carbonyl (C=O) groups excluding carboxylic acids is 1. The van der Waals surface area contributed by atoms with E-state index in [0.29, 0.717) is 6.61 Å². The molecule has 2 unspecified atom stereocenters. The standard InChI is InChI=1S/C33H29NO2/c35-33(36-21-32-30-14-5-3-12-28(30)29-13-4-6-15-31(29)32)34-25-16-17-26(34)20-22(19-25)18-24-10-7-9-23-8-1-2-11-27(23)24/h1-15,19,25-26,32H,16-18,20-21H2. The minimum atomic E-state index is -0.162. The zero-order chi connectivity index (χ0) is 24.1. The molecule has 3 nitrogen and oxygen atoms in total. The van der Waals surface area contributed by atoms with E-state index in [1.54, 1.807) is 0 Å². The highest BCUT2D eigenvalue weighted by Crippen LogP contribution is 2.45. The van der Waals surface area contributed by atoms with Crippen molar-refractivity contribution < 1.29 is 9.53 Å². The van der Waals surface area contributed by atoms with Gasteiger partial charge in [-0.15, -0.1) is 0 Å². The molecule has 0 saturated carbocycles. The SMILES string of the molecule is O=C(OCC1c2ccccc2-c2ccccc21)N1C2C=C(Cc3cccc4ccccc34)CC1CC2. The molecule has 36 heavy (non-hydrogen) atoms. The summed E-state index contributed by atoms with van der Waals surface area (Å²) in [5, 5.41) is 2.61. The second-order valence-corrected chi connectivity index (χ2v) is 10.4. The molecule has 1 fully saturated rings. The molecule has 0 spiro atoms. The van der Waals surface area contributed by atoms with Gasteiger partial charge in [0, 0.05) is 12.0 Å². The van der Waals surface area contributed by atoms with Crippen LogP contribution in [0.2, 0.25) is 0 Å². The second kappa shape index (κ2) is 8.67. The predicted molar refractivity (Wildman–Crippen MR) is 144 cm³/mol. The molecule has 4 aromatic rings. The van der Waals surface area contributed by atoms with Gasteiger partial charge in [0.05, 0.1) is 6.04 Å². The molecule has 2 bridgehead atoms. The number of rotatable bonds is 4. The quantitative estimate of drug-likeness (QED) is 0.289. The first-order valence-electron chi connectivity index (χ1n) is 13.1. The van der Waals surface area contributed by atoms with Gasteiger partial charge in [0.15, 0.2) is 0 Å². The number of hydrogen-bond acceptors (Lipinski definition) is 2. The van der Waals surface area contributed by atoms with Crippen molar-refractivity contribution in [1.82, 2.24) is 4.90 Å². The molecule has 7 rings (SSSR count). The first-order valence-corrected chi connectivity index (χ1v) is 13.1. The van der Waals surface area contributed by atoms with Crippen molar-refractivity contribution in [2.45, 2.75) is 43.7 Å². The van der Waals surface area contributed by atoms with Crippen molar-refractivity contribution >= 4 is 16.9 Å². The van der Waals surface area contributed by atoms with Crippen LogP contribution in [0, 0.1) is 0 Å². The van der Waals surface area contributed by atoms with Crippen molar-refractivity contribution in [2.75, 3.05) is 6.61 Å². The molecule has 3 aliphatic rings. The predicted octanol–water partition coefficient (Wildman–Crippen LogP) is 7.49. The van der Waals surface area contributed by atoms with Crippen molar-refractivity contribution in [3.63, 3.8) is 0 Å².